The summed E-state index contributed by atoms with van der Waals surface area (Å²) in [6.07, 6.45) is -4.63. The number of methoxy groups -OCH3 is 1. The highest BCUT2D eigenvalue weighted by Crippen LogP contribution is 2.39. The average Bonchev–Trinajstić information content (AvgIpc) is 2.42. The molecule has 0 amide bonds. The Morgan fingerprint density at radius 3 is 2.14 bits per heavy atom. The van der Waals surface area contributed by atoms with Crippen molar-refractivity contribution in [3.63, 3.8) is 0 Å². The van der Waals surface area contributed by atoms with E-state index in [1.807, 2.05) is 0 Å². The van der Waals surface area contributed by atoms with Crippen LogP contribution in [0.3, 0.4) is 0 Å². The lowest BCUT2D eigenvalue weighted by Crippen LogP contribution is -2.07. The van der Waals surface area contributed by atoms with E-state index in [9.17, 15) is 13.2 Å². The summed E-state index contributed by atoms with van der Waals surface area (Å²) < 4.78 is 48.2. The third-order valence-electron chi connectivity index (χ3n) is 2.48. The molecule has 1 aromatic carbocycles. The van der Waals surface area contributed by atoms with Gasteiger partial charge in [-0.05, 0) is 30.3 Å². The predicted molar refractivity (Wildman–Crippen MR) is 72.3 cm³/mol. The van der Waals surface area contributed by atoms with Crippen LogP contribution in [0.2, 0.25) is 10.2 Å². The highest BCUT2D eigenvalue weighted by atomic mass is 35.5. The van der Waals surface area contributed by atoms with E-state index in [0.717, 1.165) is 0 Å². The minimum absolute atomic E-state index is 0.208. The first kappa shape index (κ1) is 15.7. The summed E-state index contributed by atoms with van der Waals surface area (Å²) >= 11 is 11.3. The fourth-order valence-electron chi connectivity index (χ4n) is 1.48. The molecule has 0 saturated heterocycles. The van der Waals surface area contributed by atoms with Gasteiger partial charge < -0.3 is 9.47 Å². The number of halogens is 5. The van der Waals surface area contributed by atoms with Crippen LogP contribution in [0.5, 0.6) is 17.4 Å². The predicted octanol–water partition coefficient (Wildman–Crippen LogP) is 5.21. The molecule has 0 bridgehead atoms. The smallest absolute Gasteiger partial charge is 0.419 e. The van der Waals surface area contributed by atoms with E-state index in [4.69, 9.17) is 32.7 Å². The number of pyridine rings is 1. The van der Waals surface area contributed by atoms with Crippen LogP contribution in [0, 0.1) is 0 Å². The second-order valence-electron chi connectivity index (χ2n) is 3.89. The van der Waals surface area contributed by atoms with Crippen molar-refractivity contribution in [3.05, 3.63) is 46.1 Å². The van der Waals surface area contributed by atoms with Gasteiger partial charge in [0.05, 0.1) is 12.7 Å². The third-order valence-corrected chi connectivity index (χ3v) is 3.04. The molecule has 112 valence electrons. The fraction of sp³-hybridized carbons (Fsp3) is 0.154. The summed E-state index contributed by atoms with van der Waals surface area (Å²) in [6, 6.07) is 7.03. The normalized spacial score (nSPS) is 11.3. The molecule has 0 fully saturated rings. The Bertz CT molecular complexity index is 645. The molecule has 0 unspecified atom stereocenters. The van der Waals surface area contributed by atoms with Crippen molar-refractivity contribution in [2.24, 2.45) is 0 Å². The maximum absolute atomic E-state index is 12.6. The van der Waals surface area contributed by atoms with Crippen molar-refractivity contribution in [1.29, 1.82) is 0 Å². The van der Waals surface area contributed by atoms with E-state index in [1.165, 1.54) is 7.11 Å². The minimum atomic E-state index is -4.63. The zero-order valence-electron chi connectivity index (χ0n) is 10.5. The molecule has 0 radical (unpaired) electrons. The first-order valence-corrected chi connectivity index (χ1v) is 6.32. The van der Waals surface area contributed by atoms with Gasteiger partial charge in [-0.3, -0.25) is 0 Å². The van der Waals surface area contributed by atoms with Crippen molar-refractivity contribution in [1.82, 2.24) is 4.98 Å². The monoisotopic (exact) mass is 337 g/mol. The van der Waals surface area contributed by atoms with Crippen LogP contribution in [-0.2, 0) is 6.18 Å². The summed E-state index contributed by atoms with van der Waals surface area (Å²) in [4.78, 5) is 3.54. The van der Waals surface area contributed by atoms with Crippen LogP contribution in [0.4, 0.5) is 13.2 Å². The minimum Gasteiger partial charge on any atom is -0.497 e. The highest BCUT2D eigenvalue weighted by Gasteiger charge is 2.35. The van der Waals surface area contributed by atoms with Crippen LogP contribution in [-0.4, -0.2) is 12.1 Å². The summed E-state index contributed by atoms with van der Waals surface area (Å²) in [7, 11) is 1.50. The Balaban J connectivity index is 2.30. The molecule has 1 heterocycles. The fourth-order valence-corrected chi connectivity index (χ4v) is 1.90. The lowest BCUT2D eigenvalue weighted by atomic mass is 10.3. The van der Waals surface area contributed by atoms with Crippen molar-refractivity contribution >= 4 is 23.2 Å². The summed E-state index contributed by atoms with van der Waals surface area (Å²) in [5.74, 6) is 0.729. The SMILES string of the molecule is COc1ccc(Oc2nc(Cl)c(C(F)(F)F)cc2Cl)cc1. The molecule has 0 saturated carbocycles. The van der Waals surface area contributed by atoms with Crippen LogP contribution < -0.4 is 9.47 Å². The number of ether oxygens (including phenoxy) is 2. The van der Waals surface area contributed by atoms with Gasteiger partial charge in [-0.25, -0.2) is 0 Å². The molecule has 0 aliphatic heterocycles. The van der Waals surface area contributed by atoms with Crippen LogP contribution in [0.15, 0.2) is 30.3 Å². The number of aromatic nitrogens is 1. The van der Waals surface area contributed by atoms with E-state index in [1.54, 1.807) is 24.3 Å². The summed E-state index contributed by atoms with van der Waals surface area (Å²) in [5, 5.41) is -1.02. The number of alkyl halides is 3. The van der Waals surface area contributed by atoms with Crippen LogP contribution in [0.25, 0.3) is 0 Å². The molecular formula is C13H8Cl2F3NO2. The molecule has 2 aromatic rings. The van der Waals surface area contributed by atoms with Crippen LogP contribution in [0.1, 0.15) is 5.56 Å². The molecule has 8 heteroatoms. The molecule has 0 aliphatic rings. The second kappa shape index (κ2) is 5.99. The number of rotatable bonds is 3. The zero-order valence-corrected chi connectivity index (χ0v) is 12.1. The van der Waals surface area contributed by atoms with Gasteiger partial charge in [0, 0.05) is 0 Å². The topological polar surface area (TPSA) is 31.4 Å². The largest absolute Gasteiger partial charge is 0.497 e. The van der Waals surface area contributed by atoms with Crippen molar-refractivity contribution < 1.29 is 22.6 Å². The van der Waals surface area contributed by atoms with E-state index in [2.05, 4.69) is 4.98 Å². The van der Waals surface area contributed by atoms with E-state index < -0.39 is 16.9 Å². The molecule has 2 rings (SSSR count). The lowest BCUT2D eigenvalue weighted by Gasteiger charge is -2.12. The molecule has 0 aliphatic carbocycles. The maximum Gasteiger partial charge on any atom is 0.419 e. The van der Waals surface area contributed by atoms with Crippen LogP contribution >= 0.6 is 23.2 Å². The van der Waals surface area contributed by atoms with E-state index >= 15 is 0 Å². The second-order valence-corrected chi connectivity index (χ2v) is 4.65. The lowest BCUT2D eigenvalue weighted by molar-refractivity contribution is -0.137. The molecule has 0 atom stereocenters. The van der Waals surface area contributed by atoms with Gasteiger partial charge >= 0.3 is 6.18 Å². The first-order chi connectivity index (χ1) is 9.81. The third kappa shape index (κ3) is 3.71. The molecule has 1 aromatic heterocycles. The molecule has 0 spiro atoms. The Labute approximate surface area is 128 Å². The van der Waals surface area contributed by atoms with E-state index in [-0.39, 0.29) is 10.9 Å². The maximum atomic E-state index is 12.6. The van der Waals surface area contributed by atoms with E-state index in [0.29, 0.717) is 17.6 Å². The van der Waals surface area contributed by atoms with Gasteiger partial charge in [-0.15, -0.1) is 0 Å². The van der Waals surface area contributed by atoms with Crippen molar-refractivity contribution in [2.45, 2.75) is 6.18 Å². The Kier molecular flexibility index (Phi) is 4.49. The molecule has 0 N–H and O–H groups in total. The number of nitrogens with zero attached hydrogens (tertiary/aromatic N) is 1. The Hall–Kier alpha value is -1.66. The van der Waals surface area contributed by atoms with Gasteiger partial charge in [0.1, 0.15) is 21.7 Å². The molecular weight excluding hydrogens is 330 g/mol. The van der Waals surface area contributed by atoms with Gasteiger partial charge in [0.2, 0.25) is 5.88 Å². The quantitative estimate of drug-likeness (QED) is 0.720. The number of benzene rings is 1. The standard InChI is InChI=1S/C13H8Cl2F3NO2/c1-20-7-2-4-8(5-3-7)21-12-10(14)6-9(11(15)19-12)13(16,17)18/h2-6H,1H3. The summed E-state index contributed by atoms with van der Waals surface area (Å²) in [5.41, 5.74) is -1.11. The zero-order chi connectivity index (χ0) is 15.6. The van der Waals surface area contributed by atoms with Crippen molar-refractivity contribution in [2.75, 3.05) is 7.11 Å². The van der Waals surface area contributed by atoms with Crippen molar-refractivity contribution in [3.8, 4) is 17.4 Å². The van der Waals surface area contributed by atoms with Gasteiger partial charge in [0.25, 0.3) is 0 Å². The van der Waals surface area contributed by atoms with Gasteiger partial charge in [-0.1, -0.05) is 23.2 Å². The summed E-state index contributed by atoms with van der Waals surface area (Å²) in [6.45, 7) is 0. The molecule has 21 heavy (non-hydrogen) atoms. The van der Waals surface area contributed by atoms with Gasteiger partial charge in [-0.2, -0.15) is 18.2 Å². The Morgan fingerprint density at radius 2 is 1.62 bits per heavy atom. The average molecular weight is 338 g/mol. The highest BCUT2D eigenvalue weighted by molar-refractivity contribution is 6.33. The first-order valence-electron chi connectivity index (χ1n) is 5.56. The number of hydrogen-bond donors (Lipinski definition) is 0. The number of hydrogen-bond acceptors (Lipinski definition) is 3. The Morgan fingerprint density at radius 1 is 1.05 bits per heavy atom. The molecule has 3 nitrogen and oxygen atoms in total. The van der Waals surface area contributed by atoms with Gasteiger partial charge in [0.15, 0.2) is 0 Å².